The Kier molecular flexibility index (Phi) is 4.36. The van der Waals surface area contributed by atoms with Crippen LogP contribution in [0.4, 0.5) is 6.01 Å². The molecule has 4 nitrogen and oxygen atoms in total. The molecule has 0 bridgehead atoms. The minimum absolute atomic E-state index is 0.677. The number of anilines is 1. The van der Waals surface area contributed by atoms with Crippen molar-refractivity contribution in [3.05, 3.63) is 47.9 Å². The molecule has 0 saturated heterocycles. The van der Waals surface area contributed by atoms with Crippen molar-refractivity contribution >= 4 is 6.01 Å². The van der Waals surface area contributed by atoms with Crippen LogP contribution in [0, 0.1) is 0 Å². The van der Waals surface area contributed by atoms with Gasteiger partial charge in [-0.3, -0.25) is 0 Å². The van der Waals surface area contributed by atoms with Gasteiger partial charge in [-0.05, 0) is 19.0 Å². The molecule has 0 saturated carbocycles. The molecule has 2 rings (SSSR count). The van der Waals surface area contributed by atoms with Gasteiger partial charge in [0, 0.05) is 20.1 Å². The third kappa shape index (κ3) is 3.34. The van der Waals surface area contributed by atoms with E-state index >= 15 is 0 Å². The van der Waals surface area contributed by atoms with Gasteiger partial charge < -0.3 is 14.6 Å². The Labute approximate surface area is 108 Å². The van der Waals surface area contributed by atoms with Crippen molar-refractivity contribution in [1.82, 2.24) is 10.3 Å². The molecule has 0 radical (unpaired) electrons. The lowest BCUT2D eigenvalue weighted by atomic mass is 10.1. The van der Waals surface area contributed by atoms with E-state index in [9.17, 15) is 0 Å². The number of hydrogen-bond acceptors (Lipinski definition) is 4. The van der Waals surface area contributed by atoms with Crippen molar-refractivity contribution in [2.45, 2.75) is 13.0 Å². The lowest BCUT2D eigenvalue weighted by Gasteiger charge is -2.13. The first kappa shape index (κ1) is 12.6. The Balaban J connectivity index is 1.89. The summed E-state index contributed by atoms with van der Waals surface area (Å²) in [5.74, 6) is 0. The van der Waals surface area contributed by atoms with E-state index in [0.29, 0.717) is 6.01 Å². The average molecular weight is 245 g/mol. The molecule has 2 aromatic rings. The maximum atomic E-state index is 5.44. The lowest BCUT2D eigenvalue weighted by Crippen LogP contribution is -2.20. The monoisotopic (exact) mass is 245 g/mol. The highest BCUT2D eigenvalue weighted by atomic mass is 16.4. The zero-order valence-electron chi connectivity index (χ0n) is 10.9. The second-order valence-electron chi connectivity index (χ2n) is 4.31. The van der Waals surface area contributed by atoms with E-state index in [1.807, 2.05) is 25.1 Å². The van der Waals surface area contributed by atoms with Crippen LogP contribution in [0.25, 0.3) is 0 Å². The standard InChI is InChI=1S/C14H19N3O/c1-15-10-13-11-18-14(16-13)17(2)9-8-12-6-4-3-5-7-12/h3-7,11,15H,8-10H2,1-2H3. The number of aromatic nitrogens is 1. The predicted molar refractivity (Wildman–Crippen MR) is 72.7 cm³/mol. The van der Waals surface area contributed by atoms with Gasteiger partial charge >= 0.3 is 0 Å². The van der Waals surface area contributed by atoms with Gasteiger partial charge in [0.15, 0.2) is 0 Å². The van der Waals surface area contributed by atoms with Crippen LogP contribution in [0.1, 0.15) is 11.3 Å². The first-order chi connectivity index (χ1) is 8.79. The quantitative estimate of drug-likeness (QED) is 0.846. The Morgan fingerprint density at radius 2 is 2.06 bits per heavy atom. The Bertz CT molecular complexity index is 467. The van der Waals surface area contributed by atoms with Crippen LogP contribution in [0.5, 0.6) is 0 Å². The average Bonchev–Trinajstić information content (AvgIpc) is 2.86. The number of benzene rings is 1. The second kappa shape index (κ2) is 6.21. The van der Waals surface area contributed by atoms with Gasteiger partial charge in [0.25, 0.3) is 6.01 Å². The second-order valence-corrected chi connectivity index (χ2v) is 4.31. The van der Waals surface area contributed by atoms with Gasteiger partial charge in [-0.15, -0.1) is 0 Å². The molecular formula is C14H19N3O. The van der Waals surface area contributed by atoms with Gasteiger partial charge in [0.1, 0.15) is 6.26 Å². The summed E-state index contributed by atoms with van der Waals surface area (Å²) < 4.78 is 5.44. The molecule has 0 aliphatic carbocycles. The molecule has 0 fully saturated rings. The molecule has 0 atom stereocenters. The van der Waals surface area contributed by atoms with E-state index in [1.165, 1.54) is 5.56 Å². The molecule has 96 valence electrons. The summed E-state index contributed by atoms with van der Waals surface area (Å²) in [4.78, 5) is 6.44. The van der Waals surface area contributed by atoms with Crippen molar-refractivity contribution in [2.24, 2.45) is 0 Å². The van der Waals surface area contributed by atoms with E-state index in [1.54, 1.807) is 6.26 Å². The SMILES string of the molecule is CNCc1coc(N(C)CCc2ccccc2)n1. The number of likely N-dealkylation sites (N-methyl/N-ethyl adjacent to an activating group) is 1. The molecule has 1 N–H and O–H groups in total. The summed E-state index contributed by atoms with van der Waals surface area (Å²) in [6.45, 7) is 1.62. The third-order valence-corrected chi connectivity index (χ3v) is 2.80. The van der Waals surface area contributed by atoms with Crippen molar-refractivity contribution in [3.63, 3.8) is 0 Å². The van der Waals surface area contributed by atoms with Crippen molar-refractivity contribution < 1.29 is 4.42 Å². The molecule has 0 amide bonds. The van der Waals surface area contributed by atoms with Gasteiger partial charge in [-0.1, -0.05) is 30.3 Å². The summed E-state index contributed by atoms with van der Waals surface area (Å²) in [7, 11) is 3.89. The maximum absolute atomic E-state index is 5.44. The van der Waals surface area contributed by atoms with Crippen LogP contribution in [0.15, 0.2) is 41.0 Å². The third-order valence-electron chi connectivity index (χ3n) is 2.80. The van der Waals surface area contributed by atoms with E-state index in [4.69, 9.17) is 4.42 Å². The van der Waals surface area contributed by atoms with E-state index in [2.05, 4.69) is 34.6 Å². The van der Waals surface area contributed by atoms with E-state index < -0.39 is 0 Å². The molecule has 0 spiro atoms. The first-order valence-corrected chi connectivity index (χ1v) is 6.13. The highest BCUT2D eigenvalue weighted by Crippen LogP contribution is 2.12. The van der Waals surface area contributed by atoms with Crippen LogP contribution >= 0.6 is 0 Å². The highest BCUT2D eigenvalue weighted by Gasteiger charge is 2.08. The van der Waals surface area contributed by atoms with Crippen molar-refractivity contribution in [2.75, 3.05) is 25.5 Å². The molecule has 18 heavy (non-hydrogen) atoms. The number of nitrogens with zero attached hydrogens (tertiary/aromatic N) is 2. The minimum Gasteiger partial charge on any atom is -0.432 e. The zero-order valence-corrected chi connectivity index (χ0v) is 10.9. The predicted octanol–water partition coefficient (Wildman–Crippen LogP) is 2.07. The molecule has 0 aliphatic heterocycles. The van der Waals surface area contributed by atoms with Crippen LogP contribution in [-0.2, 0) is 13.0 Å². The molecule has 1 aromatic carbocycles. The van der Waals surface area contributed by atoms with Gasteiger partial charge in [-0.25, -0.2) is 0 Å². The number of hydrogen-bond donors (Lipinski definition) is 1. The van der Waals surface area contributed by atoms with E-state index in [-0.39, 0.29) is 0 Å². The Hall–Kier alpha value is -1.81. The van der Waals surface area contributed by atoms with Crippen molar-refractivity contribution in [3.8, 4) is 0 Å². The molecule has 4 heteroatoms. The van der Waals surface area contributed by atoms with E-state index in [0.717, 1.165) is 25.2 Å². The van der Waals surface area contributed by atoms with Crippen molar-refractivity contribution in [1.29, 1.82) is 0 Å². The smallest absolute Gasteiger partial charge is 0.297 e. The zero-order chi connectivity index (χ0) is 12.8. The van der Waals surface area contributed by atoms with Gasteiger partial charge in [-0.2, -0.15) is 4.98 Å². The fourth-order valence-electron chi connectivity index (χ4n) is 1.77. The topological polar surface area (TPSA) is 41.3 Å². The number of rotatable bonds is 6. The summed E-state index contributed by atoms with van der Waals surface area (Å²) in [5, 5.41) is 3.05. The Morgan fingerprint density at radius 1 is 1.28 bits per heavy atom. The number of nitrogens with one attached hydrogen (secondary N) is 1. The summed E-state index contributed by atoms with van der Waals surface area (Å²) in [5.41, 5.74) is 2.26. The fourth-order valence-corrected chi connectivity index (χ4v) is 1.77. The van der Waals surface area contributed by atoms with Gasteiger partial charge in [0.2, 0.25) is 0 Å². The maximum Gasteiger partial charge on any atom is 0.297 e. The largest absolute Gasteiger partial charge is 0.432 e. The molecule has 1 aromatic heterocycles. The van der Waals surface area contributed by atoms with Crippen LogP contribution in [0.3, 0.4) is 0 Å². The Morgan fingerprint density at radius 3 is 2.78 bits per heavy atom. The van der Waals surface area contributed by atoms with Gasteiger partial charge in [0.05, 0.1) is 5.69 Å². The lowest BCUT2D eigenvalue weighted by molar-refractivity contribution is 0.544. The van der Waals surface area contributed by atoms with Crippen LogP contribution < -0.4 is 10.2 Å². The highest BCUT2D eigenvalue weighted by molar-refractivity contribution is 5.26. The van der Waals surface area contributed by atoms with Crippen LogP contribution in [-0.4, -0.2) is 25.6 Å². The molecule has 0 aliphatic rings. The number of oxazole rings is 1. The summed E-state index contributed by atoms with van der Waals surface area (Å²) >= 11 is 0. The minimum atomic E-state index is 0.677. The summed E-state index contributed by atoms with van der Waals surface area (Å²) in [6, 6.07) is 11.1. The fraction of sp³-hybridized carbons (Fsp3) is 0.357. The summed E-state index contributed by atoms with van der Waals surface area (Å²) in [6.07, 6.45) is 2.69. The van der Waals surface area contributed by atoms with Crippen LogP contribution in [0.2, 0.25) is 0 Å². The first-order valence-electron chi connectivity index (χ1n) is 6.13. The normalized spacial score (nSPS) is 10.6. The molecule has 0 unspecified atom stereocenters. The molecule has 1 heterocycles. The molecular weight excluding hydrogens is 226 g/mol.